The van der Waals surface area contributed by atoms with Crippen molar-refractivity contribution < 1.29 is 19.1 Å². The molecule has 6 heteroatoms. The molecular weight excluding hydrogens is 332 g/mol. The average molecular weight is 369 g/mol. The van der Waals surface area contributed by atoms with Crippen LogP contribution in [0.3, 0.4) is 0 Å². The number of ether oxygens (including phenoxy) is 2. The molecule has 26 heavy (non-hydrogen) atoms. The highest BCUT2D eigenvalue weighted by molar-refractivity contribution is 5.81. The summed E-state index contributed by atoms with van der Waals surface area (Å²) in [6, 6.07) is -0.144. The van der Waals surface area contributed by atoms with E-state index in [4.69, 9.17) is 10.5 Å². The number of carbonyl (C=O) groups is 2. The van der Waals surface area contributed by atoms with Crippen LogP contribution in [0.5, 0.6) is 0 Å². The summed E-state index contributed by atoms with van der Waals surface area (Å²) in [5.74, 6) is 1.17. The van der Waals surface area contributed by atoms with Crippen LogP contribution in [-0.2, 0) is 19.1 Å². The fraction of sp³-hybridized carbons (Fsp3) is 0.900. The van der Waals surface area contributed by atoms with E-state index in [1.165, 1.54) is 20.0 Å². The summed E-state index contributed by atoms with van der Waals surface area (Å²) in [4.78, 5) is 25.7. The van der Waals surface area contributed by atoms with Gasteiger partial charge in [-0.05, 0) is 50.4 Å². The quantitative estimate of drug-likeness (QED) is 0.698. The summed E-state index contributed by atoms with van der Waals surface area (Å²) in [5, 5.41) is 0. The maximum absolute atomic E-state index is 12.6. The summed E-state index contributed by atoms with van der Waals surface area (Å²) >= 11 is 0. The van der Waals surface area contributed by atoms with Gasteiger partial charge >= 0.3 is 5.97 Å². The molecule has 1 saturated heterocycles. The van der Waals surface area contributed by atoms with E-state index in [2.05, 4.69) is 18.6 Å². The SMILES string of the molecule is COC(=O)CCC(=O)N1CCCC(N)C1COC1CCC(C(C)C)CC1. The molecule has 0 aromatic carbocycles. The maximum Gasteiger partial charge on any atom is 0.306 e. The number of esters is 1. The lowest BCUT2D eigenvalue weighted by molar-refractivity contribution is -0.145. The Morgan fingerprint density at radius 2 is 1.81 bits per heavy atom. The second-order valence-corrected chi connectivity index (χ2v) is 8.15. The molecular formula is C20H36N2O4. The predicted octanol–water partition coefficient (Wildman–Crippen LogP) is 2.49. The van der Waals surface area contributed by atoms with Crippen molar-refractivity contribution in [3.63, 3.8) is 0 Å². The first kappa shape index (κ1) is 21.2. The van der Waals surface area contributed by atoms with E-state index in [1.807, 2.05) is 4.90 Å². The van der Waals surface area contributed by atoms with Crippen LogP contribution in [0.1, 0.15) is 65.2 Å². The molecule has 2 aliphatic rings. The van der Waals surface area contributed by atoms with Gasteiger partial charge < -0.3 is 20.1 Å². The minimum absolute atomic E-state index is 0.0253. The van der Waals surface area contributed by atoms with Gasteiger partial charge in [-0.3, -0.25) is 9.59 Å². The Hall–Kier alpha value is -1.14. The van der Waals surface area contributed by atoms with Crippen LogP contribution >= 0.6 is 0 Å². The Morgan fingerprint density at radius 3 is 2.42 bits per heavy atom. The number of likely N-dealkylation sites (tertiary alicyclic amines) is 1. The molecule has 1 aliphatic heterocycles. The molecule has 150 valence electrons. The van der Waals surface area contributed by atoms with Gasteiger partial charge in [0.1, 0.15) is 0 Å². The fourth-order valence-electron chi connectivity index (χ4n) is 4.22. The van der Waals surface area contributed by atoms with Crippen molar-refractivity contribution in [3.05, 3.63) is 0 Å². The minimum Gasteiger partial charge on any atom is -0.469 e. The molecule has 2 rings (SSSR count). The van der Waals surface area contributed by atoms with Crippen molar-refractivity contribution in [1.29, 1.82) is 0 Å². The van der Waals surface area contributed by atoms with Crippen molar-refractivity contribution in [2.75, 3.05) is 20.3 Å². The third kappa shape index (κ3) is 5.95. The molecule has 0 radical (unpaired) electrons. The topological polar surface area (TPSA) is 81.9 Å². The number of methoxy groups -OCH3 is 1. The second-order valence-electron chi connectivity index (χ2n) is 8.15. The molecule has 0 aromatic heterocycles. The van der Waals surface area contributed by atoms with Gasteiger partial charge in [-0.2, -0.15) is 0 Å². The number of hydrogen-bond acceptors (Lipinski definition) is 5. The molecule has 0 bridgehead atoms. The van der Waals surface area contributed by atoms with Crippen LogP contribution in [0.2, 0.25) is 0 Å². The lowest BCUT2D eigenvalue weighted by Crippen LogP contribution is -2.56. The highest BCUT2D eigenvalue weighted by Crippen LogP contribution is 2.31. The van der Waals surface area contributed by atoms with Gasteiger partial charge in [0.05, 0.1) is 32.3 Å². The van der Waals surface area contributed by atoms with Crippen LogP contribution in [-0.4, -0.2) is 55.2 Å². The molecule has 2 atom stereocenters. The molecule has 1 saturated carbocycles. The molecule has 6 nitrogen and oxygen atoms in total. The van der Waals surface area contributed by atoms with Crippen molar-refractivity contribution >= 4 is 11.9 Å². The number of piperidine rings is 1. The Balaban J connectivity index is 1.84. The van der Waals surface area contributed by atoms with Crippen LogP contribution in [0.25, 0.3) is 0 Å². The number of nitrogens with two attached hydrogens (primary N) is 1. The largest absolute Gasteiger partial charge is 0.469 e. The summed E-state index contributed by atoms with van der Waals surface area (Å²) in [5.41, 5.74) is 6.30. The van der Waals surface area contributed by atoms with Crippen LogP contribution in [0.4, 0.5) is 0 Å². The van der Waals surface area contributed by atoms with Crippen molar-refractivity contribution in [1.82, 2.24) is 4.90 Å². The minimum atomic E-state index is -0.352. The number of carbonyl (C=O) groups excluding carboxylic acids is 2. The Kier molecular flexibility index (Phi) is 8.35. The number of hydrogen-bond donors (Lipinski definition) is 1. The third-order valence-corrected chi connectivity index (χ3v) is 6.09. The zero-order valence-electron chi connectivity index (χ0n) is 16.6. The molecule has 1 amide bonds. The zero-order valence-corrected chi connectivity index (χ0v) is 16.6. The monoisotopic (exact) mass is 368 g/mol. The summed E-state index contributed by atoms with van der Waals surface area (Å²) in [7, 11) is 1.34. The van der Waals surface area contributed by atoms with Crippen molar-refractivity contribution in [2.24, 2.45) is 17.6 Å². The highest BCUT2D eigenvalue weighted by Gasteiger charge is 2.33. The molecule has 2 fully saturated rings. The first-order valence-corrected chi connectivity index (χ1v) is 10.2. The maximum atomic E-state index is 12.6. The molecule has 0 aromatic rings. The zero-order chi connectivity index (χ0) is 19.1. The van der Waals surface area contributed by atoms with Crippen molar-refractivity contribution in [3.8, 4) is 0 Å². The van der Waals surface area contributed by atoms with E-state index in [0.717, 1.165) is 37.5 Å². The van der Waals surface area contributed by atoms with Crippen LogP contribution in [0, 0.1) is 11.8 Å². The first-order valence-electron chi connectivity index (χ1n) is 10.2. The molecule has 2 N–H and O–H groups in total. The van der Waals surface area contributed by atoms with E-state index in [-0.39, 0.29) is 42.9 Å². The highest BCUT2D eigenvalue weighted by atomic mass is 16.5. The van der Waals surface area contributed by atoms with E-state index >= 15 is 0 Å². The van der Waals surface area contributed by atoms with Crippen molar-refractivity contribution in [2.45, 2.75) is 83.4 Å². The van der Waals surface area contributed by atoms with E-state index in [1.54, 1.807) is 0 Å². The van der Waals surface area contributed by atoms with E-state index < -0.39 is 0 Å². The van der Waals surface area contributed by atoms with Gasteiger partial charge in [-0.25, -0.2) is 0 Å². The van der Waals surface area contributed by atoms with Gasteiger partial charge in [0.2, 0.25) is 5.91 Å². The normalized spacial score (nSPS) is 29.7. The molecule has 2 unspecified atom stereocenters. The molecule has 1 aliphatic carbocycles. The molecule has 1 heterocycles. The predicted molar refractivity (Wildman–Crippen MR) is 100 cm³/mol. The molecule has 0 spiro atoms. The Morgan fingerprint density at radius 1 is 1.12 bits per heavy atom. The van der Waals surface area contributed by atoms with Crippen LogP contribution < -0.4 is 5.73 Å². The summed E-state index contributed by atoms with van der Waals surface area (Å²) < 4.78 is 10.8. The van der Waals surface area contributed by atoms with Gasteiger partial charge in [0.15, 0.2) is 0 Å². The Bertz CT molecular complexity index is 461. The Labute approximate surface area is 157 Å². The van der Waals surface area contributed by atoms with Crippen LogP contribution in [0.15, 0.2) is 0 Å². The number of amides is 1. The number of nitrogens with zero attached hydrogens (tertiary/aromatic N) is 1. The third-order valence-electron chi connectivity index (χ3n) is 6.09. The van der Waals surface area contributed by atoms with Gasteiger partial charge in [0, 0.05) is 19.0 Å². The van der Waals surface area contributed by atoms with Gasteiger partial charge in [-0.15, -0.1) is 0 Å². The standard InChI is InChI=1S/C20H36N2O4/c1-14(2)15-6-8-16(9-7-15)26-13-18-17(21)5-4-12-22(18)19(23)10-11-20(24)25-3/h14-18H,4-13,21H2,1-3H3. The first-order chi connectivity index (χ1) is 12.4. The average Bonchev–Trinajstić information content (AvgIpc) is 2.64. The smallest absolute Gasteiger partial charge is 0.306 e. The lowest BCUT2D eigenvalue weighted by Gasteiger charge is -2.41. The lowest BCUT2D eigenvalue weighted by atomic mass is 9.80. The van der Waals surface area contributed by atoms with E-state index in [9.17, 15) is 9.59 Å². The number of rotatable bonds is 7. The summed E-state index contributed by atoms with van der Waals surface area (Å²) in [6.45, 7) is 5.79. The van der Waals surface area contributed by atoms with E-state index in [0.29, 0.717) is 13.2 Å². The van der Waals surface area contributed by atoms with Gasteiger partial charge in [0.25, 0.3) is 0 Å². The summed E-state index contributed by atoms with van der Waals surface area (Å²) in [6.07, 6.45) is 7.04. The second kappa shape index (κ2) is 10.3. The fourth-order valence-corrected chi connectivity index (χ4v) is 4.22. The van der Waals surface area contributed by atoms with Gasteiger partial charge in [-0.1, -0.05) is 13.8 Å².